The second kappa shape index (κ2) is 6.69. The smallest absolute Gasteiger partial charge is 0.147 e. The first-order chi connectivity index (χ1) is 9.69. The average Bonchev–Trinajstić information content (AvgIpc) is 2.46. The molecule has 0 aliphatic carbocycles. The Morgan fingerprint density at radius 2 is 2.05 bits per heavy atom. The van der Waals surface area contributed by atoms with Crippen molar-refractivity contribution in [1.82, 2.24) is 4.98 Å². The van der Waals surface area contributed by atoms with Gasteiger partial charge in [0.25, 0.3) is 0 Å². The molecule has 0 bridgehead atoms. The molecule has 4 heteroatoms. The maximum Gasteiger partial charge on any atom is 0.147 e. The fourth-order valence-corrected chi connectivity index (χ4v) is 1.91. The summed E-state index contributed by atoms with van der Waals surface area (Å²) in [5.74, 6) is 0.770. The van der Waals surface area contributed by atoms with Gasteiger partial charge in [0.15, 0.2) is 0 Å². The fourth-order valence-electron chi connectivity index (χ4n) is 1.91. The number of nitrogens with two attached hydrogens (primary N) is 1. The largest absolute Gasteiger partial charge is 0.489 e. The van der Waals surface area contributed by atoms with Crippen LogP contribution in [0.2, 0.25) is 0 Å². The molecule has 1 unspecified atom stereocenters. The lowest BCUT2D eigenvalue weighted by molar-refractivity contribution is 0.305. The molecular formula is C16H17N3O. The average molecular weight is 267 g/mol. The highest BCUT2D eigenvalue weighted by Crippen LogP contribution is 2.15. The first-order valence-corrected chi connectivity index (χ1v) is 6.50. The number of ether oxygens (including phenoxy) is 1. The topological polar surface area (TPSA) is 71.9 Å². The van der Waals surface area contributed by atoms with E-state index in [1.165, 1.54) is 5.56 Å². The van der Waals surface area contributed by atoms with Crippen molar-refractivity contribution in [1.29, 1.82) is 5.26 Å². The number of nitriles is 1. The van der Waals surface area contributed by atoms with Crippen molar-refractivity contribution in [3.8, 4) is 11.8 Å². The zero-order valence-electron chi connectivity index (χ0n) is 11.4. The number of aromatic nitrogens is 1. The third-order valence-electron chi connectivity index (χ3n) is 2.87. The van der Waals surface area contributed by atoms with Gasteiger partial charge in [-0.25, -0.2) is 4.98 Å². The minimum atomic E-state index is 0.148. The molecule has 0 spiro atoms. The minimum Gasteiger partial charge on any atom is -0.489 e. The number of rotatable bonds is 5. The number of hydrogen-bond acceptors (Lipinski definition) is 4. The number of pyridine rings is 1. The SMILES string of the molecule is CC(N)Cc1ccc(OCc2cccnc2C#N)cc1. The Labute approximate surface area is 118 Å². The second-order valence-electron chi connectivity index (χ2n) is 4.74. The Morgan fingerprint density at radius 3 is 2.70 bits per heavy atom. The van der Waals surface area contributed by atoms with E-state index in [2.05, 4.69) is 11.1 Å². The molecule has 0 saturated heterocycles. The highest BCUT2D eigenvalue weighted by atomic mass is 16.5. The maximum atomic E-state index is 8.96. The summed E-state index contributed by atoms with van der Waals surface area (Å²) in [6.45, 7) is 2.32. The molecule has 2 rings (SSSR count). The molecule has 102 valence electrons. The van der Waals surface area contributed by atoms with Gasteiger partial charge in [0.05, 0.1) is 0 Å². The van der Waals surface area contributed by atoms with Crippen LogP contribution in [-0.2, 0) is 13.0 Å². The van der Waals surface area contributed by atoms with Crippen LogP contribution in [0.1, 0.15) is 23.7 Å². The van der Waals surface area contributed by atoms with Crippen molar-refractivity contribution in [2.24, 2.45) is 5.73 Å². The van der Waals surface area contributed by atoms with Gasteiger partial charge in [-0.05, 0) is 37.1 Å². The van der Waals surface area contributed by atoms with Crippen molar-refractivity contribution in [3.05, 3.63) is 59.4 Å². The molecule has 0 fully saturated rings. The van der Waals surface area contributed by atoms with E-state index >= 15 is 0 Å². The summed E-state index contributed by atoms with van der Waals surface area (Å²) in [5.41, 5.74) is 8.14. The summed E-state index contributed by atoms with van der Waals surface area (Å²) < 4.78 is 5.67. The summed E-state index contributed by atoms with van der Waals surface area (Å²) in [6.07, 6.45) is 2.45. The van der Waals surface area contributed by atoms with Crippen LogP contribution in [0.3, 0.4) is 0 Å². The maximum absolute atomic E-state index is 8.96. The number of hydrogen-bond donors (Lipinski definition) is 1. The highest BCUT2D eigenvalue weighted by Gasteiger charge is 2.04. The molecular weight excluding hydrogens is 250 g/mol. The lowest BCUT2D eigenvalue weighted by Gasteiger charge is -2.09. The van der Waals surface area contributed by atoms with Crippen molar-refractivity contribution in [2.45, 2.75) is 26.0 Å². The molecule has 1 aromatic carbocycles. The van der Waals surface area contributed by atoms with E-state index in [9.17, 15) is 0 Å². The van der Waals surface area contributed by atoms with Crippen LogP contribution < -0.4 is 10.5 Å². The van der Waals surface area contributed by atoms with E-state index < -0.39 is 0 Å². The van der Waals surface area contributed by atoms with Gasteiger partial charge in [-0.3, -0.25) is 0 Å². The van der Waals surface area contributed by atoms with Gasteiger partial charge in [0, 0.05) is 17.8 Å². The van der Waals surface area contributed by atoms with E-state index in [4.69, 9.17) is 15.7 Å². The van der Waals surface area contributed by atoms with Crippen LogP contribution in [0, 0.1) is 11.3 Å². The Morgan fingerprint density at radius 1 is 1.30 bits per heavy atom. The molecule has 1 aromatic heterocycles. The quantitative estimate of drug-likeness (QED) is 0.903. The zero-order chi connectivity index (χ0) is 14.4. The molecule has 0 radical (unpaired) electrons. The minimum absolute atomic E-state index is 0.148. The first-order valence-electron chi connectivity index (χ1n) is 6.50. The predicted molar refractivity (Wildman–Crippen MR) is 77.1 cm³/mol. The Hall–Kier alpha value is -2.38. The Bertz CT molecular complexity index is 600. The molecule has 0 aliphatic rings. The van der Waals surface area contributed by atoms with Crippen molar-refractivity contribution in [2.75, 3.05) is 0 Å². The van der Waals surface area contributed by atoms with E-state index in [1.54, 1.807) is 12.3 Å². The van der Waals surface area contributed by atoms with Gasteiger partial charge in [-0.2, -0.15) is 5.26 Å². The molecule has 2 N–H and O–H groups in total. The summed E-state index contributed by atoms with van der Waals surface area (Å²) in [4.78, 5) is 4.00. The van der Waals surface area contributed by atoms with Crippen molar-refractivity contribution in [3.63, 3.8) is 0 Å². The van der Waals surface area contributed by atoms with Crippen LogP contribution in [0.15, 0.2) is 42.6 Å². The third-order valence-corrected chi connectivity index (χ3v) is 2.87. The Balaban J connectivity index is 1.99. The van der Waals surface area contributed by atoms with Gasteiger partial charge in [-0.15, -0.1) is 0 Å². The summed E-state index contributed by atoms with van der Waals surface area (Å²) in [5, 5.41) is 8.96. The van der Waals surface area contributed by atoms with Crippen LogP contribution in [0.5, 0.6) is 5.75 Å². The van der Waals surface area contributed by atoms with E-state index in [1.807, 2.05) is 37.3 Å². The molecule has 4 nitrogen and oxygen atoms in total. The van der Waals surface area contributed by atoms with Crippen LogP contribution in [0.25, 0.3) is 0 Å². The molecule has 1 atom stereocenters. The fraction of sp³-hybridized carbons (Fsp3) is 0.250. The normalized spacial score (nSPS) is 11.7. The molecule has 0 aliphatic heterocycles. The van der Waals surface area contributed by atoms with Gasteiger partial charge in [0.2, 0.25) is 0 Å². The molecule has 2 aromatic rings. The highest BCUT2D eigenvalue weighted by molar-refractivity contribution is 5.31. The first kappa shape index (κ1) is 14.0. The van der Waals surface area contributed by atoms with E-state index in [0.29, 0.717) is 12.3 Å². The zero-order valence-corrected chi connectivity index (χ0v) is 11.4. The summed E-state index contributed by atoms with van der Waals surface area (Å²) in [6, 6.07) is 13.7. The van der Waals surface area contributed by atoms with E-state index in [0.717, 1.165) is 17.7 Å². The van der Waals surface area contributed by atoms with Gasteiger partial charge < -0.3 is 10.5 Å². The van der Waals surface area contributed by atoms with Gasteiger partial charge >= 0.3 is 0 Å². The molecule has 20 heavy (non-hydrogen) atoms. The summed E-state index contributed by atoms with van der Waals surface area (Å²) in [7, 11) is 0. The van der Waals surface area contributed by atoms with Crippen LogP contribution in [-0.4, -0.2) is 11.0 Å². The third kappa shape index (κ3) is 3.81. The Kier molecular flexibility index (Phi) is 4.70. The number of benzene rings is 1. The van der Waals surface area contributed by atoms with Crippen molar-refractivity contribution < 1.29 is 4.74 Å². The number of nitrogens with zero attached hydrogens (tertiary/aromatic N) is 2. The monoisotopic (exact) mass is 267 g/mol. The second-order valence-corrected chi connectivity index (χ2v) is 4.74. The van der Waals surface area contributed by atoms with Crippen molar-refractivity contribution >= 4 is 0 Å². The lowest BCUT2D eigenvalue weighted by Crippen LogP contribution is -2.17. The lowest BCUT2D eigenvalue weighted by atomic mass is 10.1. The molecule has 0 amide bonds. The van der Waals surface area contributed by atoms with E-state index in [-0.39, 0.29) is 6.04 Å². The van der Waals surface area contributed by atoms with Gasteiger partial charge in [0.1, 0.15) is 24.1 Å². The standard InChI is InChI=1S/C16H17N3O/c1-12(18)9-13-4-6-15(7-5-13)20-11-14-3-2-8-19-16(14)10-17/h2-8,12H,9,11,18H2,1H3. The van der Waals surface area contributed by atoms with Crippen LogP contribution in [0.4, 0.5) is 0 Å². The molecule has 0 saturated carbocycles. The summed E-state index contributed by atoms with van der Waals surface area (Å²) >= 11 is 0. The van der Waals surface area contributed by atoms with Crippen LogP contribution >= 0.6 is 0 Å². The predicted octanol–water partition coefficient (Wildman–Crippen LogP) is 2.42. The van der Waals surface area contributed by atoms with Gasteiger partial charge in [-0.1, -0.05) is 18.2 Å². The molecule has 1 heterocycles.